The van der Waals surface area contributed by atoms with Crippen LogP contribution in [0.15, 0.2) is 22.2 Å². The van der Waals surface area contributed by atoms with Gasteiger partial charge in [0.05, 0.1) is 12.5 Å². The summed E-state index contributed by atoms with van der Waals surface area (Å²) in [5, 5.41) is 17.4. The average molecular weight is 296 g/mol. The van der Waals surface area contributed by atoms with E-state index in [2.05, 4.69) is 10.3 Å². The number of amides is 1. The van der Waals surface area contributed by atoms with Crippen LogP contribution in [0.1, 0.15) is 33.9 Å². The predicted octanol–water partition coefficient (Wildman–Crippen LogP) is 2.32. The zero-order valence-electron chi connectivity index (χ0n) is 10.1. The van der Waals surface area contributed by atoms with Gasteiger partial charge in [0, 0.05) is 5.38 Å². The van der Waals surface area contributed by atoms with Gasteiger partial charge < -0.3 is 10.4 Å². The van der Waals surface area contributed by atoms with E-state index in [0.29, 0.717) is 5.01 Å². The third-order valence-electron chi connectivity index (χ3n) is 2.62. The van der Waals surface area contributed by atoms with Crippen LogP contribution in [0.4, 0.5) is 0 Å². The number of aromatic nitrogens is 1. The summed E-state index contributed by atoms with van der Waals surface area (Å²) < 4.78 is 0. The van der Waals surface area contributed by atoms with E-state index in [4.69, 9.17) is 5.11 Å². The minimum atomic E-state index is -1.06. The standard InChI is InChI=1S/C12H12N2O3S2/c1-7(8-2-3-18-5-8)11(15)13-4-10-14-9(6-19-10)12(16)17/h2-3,5-7H,4H2,1H3,(H,13,15)(H,16,17). The van der Waals surface area contributed by atoms with Crippen molar-refractivity contribution in [1.29, 1.82) is 0 Å². The smallest absolute Gasteiger partial charge is 0.355 e. The third kappa shape index (κ3) is 3.39. The lowest BCUT2D eigenvalue weighted by Crippen LogP contribution is -2.27. The van der Waals surface area contributed by atoms with Gasteiger partial charge in [-0.1, -0.05) is 0 Å². The molecule has 100 valence electrons. The van der Waals surface area contributed by atoms with Crippen LogP contribution >= 0.6 is 22.7 Å². The Morgan fingerprint density at radius 2 is 2.26 bits per heavy atom. The van der Waals surface area contributed by atoms with Gasteiger partial charge in [0.2, 0.25) is 5.91 Å². The van der Waals surface area contributed by atoms with E-state index in [1.165, 1.54) is 16.7 Å². The van der Waals surface area contributed by atoms with E-state index in [1.807, 2.05) is 23.8 Å². The molecule has 7 heteroatoms. The minimum absolute atomic E-state index is 0.0140. The molecule has 5 nitrogen and oxygen atoms in total. The van der Waals surface area contributed by atoms with E-state index in [1.54, 1.807) is 11.3 Å². The molecule has 0 saturated carbocycles. The molecule has 2 heterocycles. The van der Waals surface area contributed by atoms with Gasteiger partial charge in [0.25, 0.3) is 0 Å². The summed E-state index contributed by atoms with van der Waals surface area (Å²) in [6.07, 6.45) is 0. The molecule has 0 spiro atoms. The molecule has 1 atom stereocenters. The molecule has 19 heavy (non-hydrogen) atoms. The SMILES string of the molecule is CC(C(=O)NCc1nc(C(=O)O)cs1)c1ccsc1. The van der Waals surface area contributed by atoms with E-state index in [9.17, 15) is 9.59 Å². The van der Waals surface area contributed by atoms with Crippen molar-refractivity contribution in [3.8, 4) is 0 Å². The zero-order chi connectivity index (χ0) is 13.8. The maximum Gasteiger partial charge on any atom is 0.355 e. The van der Waals surface area contributed by atoms with Crippen LogP contribution < -0.4 is 5.32 Å². The van der Waals surface area contributed by atoms with Gasteiger partial charge in [-0.15, -0.1) is 11.3 Å². The van der Waals surface area contributed by atoms with Crippen molar-refractivity contribution in [2.24, 2.45) is 0 Å². The van der Waals surface area contributed by atoms with E-state index in [0.717, 1.165) is 5.56 Å². The molecule has 1 amide bonds. The second-order valence-corrected chi connectivity index (χ2v) is 5.65. The first kappa shape index (κ1) is 13.7. The van der Waals surface area contributed by atoms with E-state index >= 15 is 0 Å². The maximum atomic E-state index is 11.9. The lowest BCUT2D eigenvalue weighted by atomic mass is 10.0. The molecule has 0 aliphatic heterocycles. The first-order chi connectivity index (χ1) is 9.08. The van der Waals surface area contributed by atoms with Gasteiger partial charge in [0.1, 0.15) is 5.01 Å². The van der Waals surface area contributed by atoms with Gasteiger partial charge in [-0.3, -0.25) is 4.79 Å². The molecule has 0 radical (unpaired) electrons. The van der Waals surface area contributed by atoms with Gasteiger partial charge in [-0.25, -0.2) is 9.78 Å². The predicted molar refractivity (Wildman–Crippen MR) is 73.7 cm³/mol. The largest absolute Gasteiger partial charge is 0.476 e. The van der Waals surface area contributed by atoms with Crippen molar-refractivity contribution >= 4 is 34.6 Å². The van der Waals surface area contributed by atoms with Crippen molar-refractivity contribution < 1.29 is 14.7 Å². The second kappa shape index (κ2) is 5.94. The van der Waals surface area contributed by atoms with E-state index < -0.39 is 5.97 Å². The third-order valence-corrected chi connectivity index (χ3v) is 4.17. The van der Waals surface area contributed by atoms with Crippen LogP contribution in [0.25, 0.3) is 0 Å². The Balaban J connectivity index is 1.91. The Morgan fingerprint density at radius 1 is 1.47 bits per heavy atom. The van der Waals surface area contributed by atoms with Crippen LogP contribution in [0, 0.1) is 0 Å². The van der Waals surface area contributed by atoms with Gasteiger partial charge in [-0.05, 0) is 29.3 Å². The lowest BCUT2D eigenvalue weighted by molar-refractivity contribution is -0.122. The molecular formula is C12H12N2O3S2. The molecule has 0 aromatic carbocycles. The normalized spacial score (nSPS) is 12.1. The molecule has 2 rings (SSSR count). The van der Waals surface area contributed by atoms with Crippen molar-refractivity contribution in [3.05, 3.63) is 38.5 Å². The summed E-state index contributed by atoms with van der Waals surface area (Å²) in [6.45, 7) is 2.09. The number of hydrogen-bond donors (Lipinski definition) is 2. The fourth-order valence-corrected chi connectivity index (χ4v) is 2.94. The fourth-order valence-electron chi connectivity index (χ4n) is 1.48. The monoisotopic (exact) mass is 296 g/mol. The minimum Gasteiger partial charge on any atom is -0.476 e. The number of carbonyl (C=O) groups is 2. The summed E-state index contributed by atoms with van der Waals surface area (Å²) >= 11 is 2.78. The van der Waals surface area contributed by atoms with Crippen LogP contribution in [-0.4, -0.2) is 22.0 Å². The number of aromatic carboxylic acids is 1. The number of carboxylic acids is 1. The highest BCUT2D eigenvalue weighted by atomic mass is 32.1. The van der Waals surface area contributed by atoms with Crippen LogP contribution in [0.5, 0.6) is 0 Å². The summed E-state index contributed by atoms with van der Waals surface area (Å²) in [5.41, 5.74) is 0.994. The Bertz CT molecular complexity index is 578. The number of nitrogens with one attached hydrogen (secondary N) is 1. The van der Waals surface area contributed by atoms with Gasteiger partial charge >= 0.3 is 5.97 Å². The average Bonchev–Trinajstić information content (AvgIpc) is 3.05. The maximum absolute atomic E-state index is 11.9. The molecule has 0 aliphatic rings. The van der Waals surface area contributed by atoms with Crippen LogP contribution in [-0.2, 0) is 11.3 Å². The number of thiazole rings is 1. The van der Waals surface area contributed by atoms with Crippen molar-refractivity contribution in [2.45, 2.75) is 19.4 Å². The molecule has 2 aromatic rings. The molecule has 2 aromatic heterocycles. The summed E-state index contributed by atoms with van der Waals surface area (Å²) in [6, 6.07) is 1.92. The lowest BCUT2D eigenvalue weighted by Gasteiger charge is -2.09. The van der Waals surface area contributed by atoms with Gasteiger partial charge in [0.15, 0.2) is 5.69 Å². The topological polar surface area (TPSA) is 79.3 Å². The highest BCUT2D eigenvalue weighted by Crippen LogP contribution is 2.18. The van der Waals surface area contributed by atoms with Crippen molar-refractivity contribution in [1.82, 2.24) is 10.3 Å². The molecule has 0 aliphatic carbocycles. The first-order valence-corrected chi connectivity index (χ1v) is 7.37. The van der Waals surface area contributed by atoms with Crippen LogP contribution in [0.2, 0.25) is 0 Å². The summed E-state index contributed by atoms with van der Waals surface area (Å²) in [7, 11) is 0. The molecule has 2 N–H and O–H groups in total. The Morgan fingerprint density at radius 3 is 2.84 bits per heavy atom. The van der Waals surface area contributed by atoms with Crippen molar-refractivity contribution in [3.63, 3.8) is 0 Å². The number of nitrogens with zero attached hydrogens (tertiary/aromatic N) is 1. The second-order valence-electron chi connectivity index (χ2n) is 3.93. The fraction of sp³-hybridized carbons (Fsp3) is 0.250. The zero-order valence-corrected chi connectivity index (χ0v) is 11.8. The number of rotatable bonds is 5. The number of carboxylic acid groups (broad SMARTS) is 1. The summed E-state index contributed by atoms with van der Waals surface area (Å²) in [4.78, 5) is 26.5. The quantitative estimate of drug-likeness (QED) is 0.887. The Labute approximate surface area is 117 Å². The molecular weight excluding hydrogens is 284 g/mol. The van der Waals surface area contributed by atoms with Crippen molar-refractivity contribution in [2.75, 3.05) is 0 Å². The molecule has 1 unspecified atom stereocenters. The van der Waals surface area contributed by atoms with E-state index in [-0.39, 0.29) is 24.1 Å². The highest BCUT2D eigenvalue weighted by Gasteiger charge is 2.16. The van der Waals surface area contributed by atoms with Crippen LogP contribution in [0.3, 0.4) is 0 Å². The molecule has 0 bridgehead atoms. The number of hydrogen-bond acceptors (Lipinski definition) is 5. The molecule has 0 saturated heterocycles. The molecule has 0 fully saturated rings. The summed E-state index contributed by atoms with van der Waals surface area (Å²) in [5.74, 6) is -1.36. The number of carbonyl (C=O) groups excluding carboxylic acids is 1. The Hall–Kier alpha value is -1.73. The Kier molecular flexibility index (Phi) is 4.28. The van der Waals surface area contributed by atoms with Gasteiger partial charge in [-0.2, -0.15) is 11.3 Å². The first-order valence-electron chi connectivity index (χ1n) is 5.55. The number of thiophene rings is 1. The highest BCUT2D eigenvalue weighted by molar-refractivity contribution is 7.09.